The zero-order chi connectivity index (χ0) is 18.5. The van der Waals surface area contributed by atoms with Crippen LogP contribution in [0.3, 0.4) is 0 Å². The number of carbonyl (C=O) groups is 2. The van der Waals surface area contributed by atoms with Crippen molar-refractivity contribution in [2.75, 3.05) is 46.4 Å². The molecule has 1 aliphatic heterocycles. The fourth-order valence-corrected chi connectivity index (χ4v) is 3.38. The second-order valence-corrected chi connectivity index (χ2v) is 6.77. The third-order valence-corrected chi connectivity index (χ3v) is 5.02. The highest BCUT2D eigenvalue weighted by Gasteiger charge is 2.25. The summed E-state index contributed by atoms with van der Waals surface area (Å²) in [6.45, 7) is 3.25. The van der Waals surface area contributed by atoms with E-state index in [1.165, 1.54) is 4.90 Å². The Kier molecular flexibility index (Phi) is 5.96. The second-order valence-electron chi connectivity index (χ2n) is 6.36. The Bertz CT molecular complexity index is 804. The monoisotopic (exact) mass is 376 g/mol. The van der Waals surface area contributed by atoms with E-state index in [9.17, 15) is 9.59 Å². The first-order chi connectivity index (χ1) is 12.6. The summed E-state index contributed by atoms with van der Waals surface area (Å²) in [6.07, 6.45) is 0. The molecule has 26 heavy (non-hydrogen) atoms. The quantitative estimate of drug-likeness (QED) is 0.791. The fourth-order valence-electron chi connectivity index (χ4n) is 3.16. The van der Waals surface area contributed by atoms with Gasteiger partial charge < -0.3 is 19.9 Å². The molecule has 2 aromatic carbocycles. The van der Waals surface area contributed by atoms with E-state index in [0.717, 1.165) is 23.9 Å². The van der Waals surface area contributed by atoms with E-state index in [4.69, 9.17) is 16.3 Å². The van der Waals surface area contributed by atoms with Gasteiger partial charge in [-0.2, -0.15) is 0 Å². The highest BCUT2D eigenvalue weighted by atomic mass is 35.5. The topological polar surface area (TPSA) is 63.1 Å². The minimum absolute atomic E-state index is 0.00357. The van der Waals surface area contributed by atoms with E-state index in [1.807, 2.05) is 24.3 Å². The lowest BCUT2D eigenvalue weighted by molar-refractivity contribution is -0.896. The van der Waals surface area contributed by atoms with E-state index in [0.29, 0.717) is 30.4 Å². The average molecular weight is 377 g/mol. The largest absolute Gasteiger partial charge is 0.483 e. The molecule has 0 unspecified atom stereocenters. The Morgan fingerprint density at radius 3 is 2.54 bits per heavy atom. The molecule has 6 nitrogen and oxygen atoms in total. The Balaban J connectivity index is 1.56. The van der Waals surface area contributed by atoms with Crippen LogP contribution in [0.1, 0.15) is 0 Å². The summed E-state index contributed by atoms with van der Waals surface area (Å²) >= 11 is 6.21. The van der Waals surface area contributed by atoms with Crippen molar-refractivity contribution >= 4 is 34.2 Å². The van der Waals surface area contributed by atoms with Crippen LogP contribution in [-0.4, -0.2) is 63.1 Å². The van der Waals surface area contributed by atoms with E-state index in [2.05, 4.69) is 5.32 Å². The number of hydrogen-bond acceptors (Lipinski definition) is 3. The van der Waals surface area contributed by atoms with E-state index >= 15 is 0 Å². The predicted molar refractivity (Wildman–Crippen MR) is 101 cm³/mol. The first kappa shape index (κ1) is 18.5. The molecule has 0 radical (unpaired) electrons. The number of carbonyl (C=O) groups excluding carboxylic acids is 2. The number of likely N-dealkylation sites (N-methyl/N-ethyl adjacent to an activating group) is 1. The standard InChI is InChI=1S/C19H22ClN3O3/c1-21-18(24)12-22-8-10-23(11-9-22)19(25)13-26-17-7-6-16(20)14-4-2-3-5-15(14)17/h2-7H,8-13H2,1H3,(H,21,24)/p+1. The van der Waals surface area contributed by atoms with Crippen LogP contribution in [0.25, 0.3) is 10.8 Å². The van der Waals surface area contributed by atoms with Gasteiger partial charge in [-0.15, -0.1) is 0 Å². The van der Waals surface area contributed by atoms with Gasteiger partial charge in [0, 0.05) is 22.8 Å². The second kappa shape index (κ2) is 8.38. The molecular formula is C19H23ClN3O3+. The summed E-state index contributed by atoms with van der Waals surface area (Å²) in [5, 5.41) is 5.10. The molecule has 0 spiro atoms. The maximum absolute atomic E-state index is 12.4. The van der Waals surface area contributed by atoms with Crippen LogP contribution in [0.5, 0.6) is 5.75 Å². The number of quaternary nitrogens is 1. The molecule has 2 amide bonds. The Morgan fingerprint density at radius 2 is 1.85 bits per heavy atom. The molecule has 3 rings (SSSR count). The van der Waals surface area contributed by atoms with Crippen molar-refractivity contribution in [2.24, 2.45) is 0 Å². The molecule has 0 bridgehead atoms. The summed E-state index contributed by atoms with van der Waals surface area (Å²) in [6, 6.07) is 11.3. The van der Waals surface area contributed by atoms with Gasteiger partial charge in [0.05, 0.1) is 26.2 Å². The fraction of sp³-hybridized carbons (Fsp3) is 0.368. The van der Waals surface area contributed by atoms with Crippen molar-refractivity contribution in [3.63, 3.8) is 0 Å². The highest BCUT2D eigenvalue weighted by molar-refractivity contribution is 6.35. The molecule has 0 aliphatic carbocycles. The van der Waals surface area contributed by atoms with Gasteiger partial charge in [-0.25, -0.2) is 0 Å². The van der Waals surface area contributed by atoms with Crippen LogP contribution in [0.2, 0.25) is 5.02 Å². The molecule has 1 saturated heterocycles. The van der Waals surface area contributed by atoms with Gasteiger partial charge in [-0.05, 0) is 12.1 Å². The van der Waals surface area contributed by atoms with E-state index in [1.54, 1.807) is 24.1 Å². The lowest BCUT2D eigenvalue weighted by Crippen LogP contribution is -3.15. The third-order valence-electron chi connectivity index (χ3n) is 4.69. The van der Waals surface area contributed by atoms with Gasteiger partial charge in [-0.3, -0.25) is 9.59 Å². The average Bonchev–Trinajstić information content (AvgIpc) is 2.68. The minimum Gasteiger partial charge on any atom is -0.483 e. The van der Waals surface area contributed by atoms with Crippen LogP contribution in [0.15, 0.2) is 36.4 Å². The van der Waals surface area contributed by atoms with Crippen LogP contribution < -0.4 is 15.0 Å². The Morgan fingerprint density at radius 1 is 1.15 bits per heavy atom. The first-order valence-corrected chi connectivity index (χ1v) is 9.08. The molecule has 1 fully saturated rings. The highest BCUT2D eigenvalue weighted by Crippen LogP contribution is 2.31. The van der Waals surface area contributed by atoms with Gasteiger partial charge in [0.2, 0.25) is 0 Å². The number of benzene rings is 2. The maximum Gasteiger partial charge on any atom is 0.274 e. The van der Waals surface area contributed by atoms with Crippen molar-refractivity contribution in [3.05, 3.63) is 41.4 Å². The molecule has 7 heteroatoms. The van der Waals surface area contributed by atoms with E-state index in [-0.39, 0.29) is 18.4 Å². The summed E-state index contributed by atoms with van der Waals surface area (Å²) < 4.78 is 5.78. The number of fused-ring (bicyclic) bond motifs is 1. The molecule has 138 valence electrons. The zero-order valence-electron chi connectivity index (χ0n) is 14.8. The third kappa shape index (κ3) is 4.26. The van der Waals surface area contributed by atoms with Crippen LogP contribution in [-0.2, 0) is 9.59 Å². The molecule has 2 aromatic rings. The summed E-state index contributed by atoms with van der Waals surface area (Å²) in [4.78, 5) is 26.9. The molecule has 2 N–H and O–H groups in total. The zero-order valence-corrected chi connectivity index (χ0v) is 15.5. The van der Waals surface area contributed by atoms with Gasteiger partial charge in [0.25, 0.3) is 11.8 Å². The number of ether oxygens (including phenoxy) is 1. The van der Waals surface area contributed by atoms with Crippen LogP contribution in [0, 0.1) is 0 Å². The predicted octanol–water partition coefficient (Wildman–Crippen LogP) is 0.345. The minimum atomic E-state index is -0.0389. The Hall–Kier alpha value is -2.31. The SMILES string of the molecule is CNC(=O)C[NH+]1CCN(C(=O)COc2ccc(Cl)c3ccccc23)CC1. The normalized spacial score (nSPS) is 15.1. The smallest absolute Gasteiger partial charge is 0.274 e. The van der Waals surface area contributed by atoms with Gasteiger partial charge >= 0.3 is 0 Å². The van der Waals surface area contributed by atoms with Crippen LogP contribution >= 0.6 is 11.6 Å². The molecular weight excluding hydrogens is 354 g/mol. The molecule has 0 atom stereocenters. The van der Waals surface area contributed by atoms with Crippen molar-refractivity contribution in [3.8, 4) is 5.75 Å². The maximum atomic E-state index is 12.4. The molecule has 1 aliphatic rings. The van der Waals surface area contributed by atoms with Crippen molar-refractivity contribution in [2.45, 2.75) is 0 Å². The van der Waals surface area contributed by atoms with Crippen molar-refractivity contribution in [1.82, 2.24) is 10.2 Å². The van der Waals surface area contributed by atoms with Crippen molar-refractivity contribution < 1.29 is 19.2 Å². The summed E-state index contributed by atoms with van der Waals surface area (Å²) in [5.74, 6) is 0.642. The van der Waals surface area contributed by atoms with Gasteiger partial charge in [0.15, 0.2) is 13.2 Å². The number of nitrogens with one attached hydrogen (secondary N) is 2. The number of nitrogens with zero attached hydrogens (tertiary/aromatic N) is 1. The lowest BCUT2D eigenvalue weighted by atomic mass is 10.1. The summed E-state index contributed by atoms with van der Waals surface area (Å²) in [5.41, 5.74) is 0. The number of piperazine rings is 1. The number of halogens is 1. The van der Waals surface area contributed by atoms with Crippen LogP contribution in [0.4, 0.5) is 0 Å². The van der Waals surface area contributed by atoms with Gasteiger partial charge in [0.1, 0.15) is 5.75 Å². The number of rotatable bonds is 5. The van der Waals surface area contributed by atoms with Crippen molar-refractivity contribution in [1.29, 1.82) is 0 Å². The molecule has 1 heterocycles. The number of amides is 2. The first-order valence-electron chi connectivity index (χ1n) is 8.70. The van der Waals surface area contributed by atoms with E-state index < -0.39 is 0 Å². The van der Waals surface area contributed by atoms with Gasteiger partial charge in [-0.1, -0.05) is 35.9 Å². The Labute approximate surface area is 157 Å². The lowest BCUT2D eigenvalue weighted by Gasteiger charge is -2.31. The summed E-state index contributed by atoms with van der Waals surface area (Å²) in [7, 11) is 1.64. The molecule has 0 saturated carbocycles. The number of hydrogen-bond donors (Lipinski definition) is 2. The molecule has 0 aromatic heterocycles.